The first-order chi connectivity index (χ1) is 12.0. The van der Waals surface area contributed by atoms with Gasteiger partial charge in [0, 0.05) is 29.0 Å². The molecule has 6 nitrogen and oxygen atoms in total. The average molecular weight is 388 g/mol. The maximum atomic E-state index is 12.9. The van der Waals surface area contributed by atoms with Crippen molar-refractivity contribution in [3.8, 4) is 5.75 Å². The first-order valence-corrected chi connectivity index (χ1v) is 9.44. The number of carbonyl (C=O) groups is 1. The van der Waals surface area contributed by atoms with Crippen molar-refractivity contribution in [2.24, 2.45) is 4.99 Å². The molecule has 5 heterocycles. The molecule has 132 valence electrons. The molecule has 0 aromatic heterocycles. The number of aromatic hydroxyl groups is 1. The molecule has 26 heavy (non-hydrogen) atoms. The van der Waals surface area contributed by atoms with Crippen molar-refractivity contribution in [1.29, 1.82) is 0 Å². The second-order valence-electron chi connectivity index (χ2n) is 7.76. The van der Waals surface area contributed by atoms with Crippen LogP contribution in [-0.4, -0.2) is 39.9 Å². The fourth-order valence-electron chi connectivity index (χ4n) is 5.71. The van der Waals surface area contributed by atoms with E-state index in [2.05, 4.69) is 10.3 Å². The number of anilines is 1. The number of nitrogens with zero attached hydrogens (tertiary/aromatic N) is 2. The molecule has 7 rings (SSSR count). The molecule has 3 N–H and O–H groups in total. The predicted molar refractivity (Wildman–Crippen MR) is 93.6 cm³/mol. The Labute approximate surface area is 158 Å². The highest BCUT2D eigenvalue weighted by atomic mass is 35.5. The van der Waals surface area contributed by atoms with Crippen molar-refractivity contribution in [2.75, 3.05) is 11.9 Å². The van der Waals surface area contributed by atoms with E-state index < -0.39 is 5.72 Å². The number of allylic oxidation sites excluding steroid dienone is 1. The molecule has 1 aliphatic carbocycles. The minimum absolute atomic E-state index is 0. The molecule has 1 aromatic carbocycles. The van der Waals surface area contributed by atoms with Crippen LogP contribution in [0.1, 0.15) is 24.8 Å². The van der Waals surface area contributed by atoms with Gasteiger partial charge < -0.3 is 27.9 Å². The van der Waals surface area contributed by atoms with Crippen LogP contribution in [0.25, 0.3) is 5.57 Å². The first kappa shape index (κ1) is 15.2. The summed E-state index contributed by atoms with van der Waals surface area (Å²) in [4.78, 5) is 18.3. The van der Waals surface area contributed by atoms with Gasteiger partial charge in [-0.25, -0.2) is 0 Å². The highest BCUT2D eigenvalue weighted by Crippen LogP contribution is 2.63. The van der Waals surface area contributed by atoms with Crippen LogP contribution in [0.4, 0.5) is 11.4 Å². The fraction of sp³-hybridized carbons (Fsp3) is 0.389. The van der Waals surface area contributed by atoms with Crippen molar-refractivity contribution in [2.45, 2.75) is 35.8 Å². The van der Waals surface area contributed by atoms with Crippen LogP contribution in [0.15, 0.2) is 16.0 Å². The van der Waals surface area contributed by atoms with E-state index in [9.17, 15) is 15.0 Å². The third-order valence-corrected chi connectivity index (χ3v) is 8.01. The molecule has 1 saturated heterocycles. The molecule has 0 radical (unpaired) electrons. The highest BCUT2D eigenvalue weighted by molar-refractivity contribution is 8.04. The van der Waals surface area contributed by atoms with Gasteiger partial charge >= 0.3 is 5.72 Å². The zero-order valence-corrected chi connectivity index (χ0v) is 15.1. The number of aliphatic imine (C=N–C) groups is 1. The summed E-state index contributed by atoms with van der Waals surface area (Å²) in [6.45, 7) is 0.586. The molecule has 1 aromatic rings. The zero-order valence-electron chi connectivity index (χ0n) is 13.5. The van der Waals surface area contributed by atoms with E-state index in [-0.39, 0.29) is 34.7 Å². The van der Waals surface area contributed by atoms with Crippen molar-refractivity contribution < 1.29 is 27.4 Å². The molecule has 3 bridgehead atoms. The lowest BCUT2D eigenvalue weighted by Crippen LogP contribution is -3.00. The Bertz CT molecular complexity index is 1170. The molecule has 1 fully saturated rings. The topological polar surface area (TPSA) is 84.9 Å². The molecule has 1 spiro atoms. The second kappa shape index (κ2) is 4.18. The molecule has 0 amide bonds. The minimum Gasteiger partial charge on any atom is -1.00 e. The van der Waals surface area contributed by atoms with Gasteiger partial charge in [0.25, 0.3) is 5.78 Å². The van der Waals surface area contributed by atoms with Gasteiger partial charge in [0.15, 0.2) is 12.3 Å². The van der Waals surface area contributed by atoms with E-state index in [1.807, 2.05) is 10.8 Å². The van der Waals surface area contributed by atoms with Crippen LogP contribution in [0.3, 0.4) is 0 Å². The summed E-state index contributed by atoms with van der Waals surface area (Å²) in [7, 11) is 0. The number of halogens is 1. The number of thioether (sulfide) groups is 1. The monoisotopic (exact) mass is 387 g/mol. The van der Waals surface area contributed by atoms with Crippen LogP contribution in [-0.2, 0) is 10.2 Å². The number of hydrogen-bond donors (Lipinski definition) is 3. The van der Waals surface area contributed by atoms with Crippen molar-refractivity contribution in [3.63, 3.8) is 0 Å². The van der Waals surface area contributed by atoms with Gasteiger partial charge in [-0.3, -0.25) is 9.79 Å². The Hall–Kier alpha value is -1.83. The standard InChI is InChI=1S/C18H13N3O3S.ClH/c22-8-3-9-17-4-10(25-9)20-14-12(17)15-11-7(5-19-13(11)16(14)23)1-2-21(15)18(8,24)6-17;/h3,5,10,24H,1-2,4,6H2,(H,19,20,23);1H/t10?,17-,18?;/m1./s1. The lowest BCUT2D eigenvalue weighted by Gasteiger charge is -2.44. The molecule has 6 aliphatic rings. The average Bonchev–Trinajstić information content (AvgIpc) is 3.12. The summed E-state index contributed by atoms with van der Waals surface area (Å²) < 4.78 is 1.87. The Morgan fingerprint density at radius 3 is 3.12 bits per heavy atom. The van der Waals surface area contributed by atoms with Crippen LogP contribution in [0.5, 0.6) is 5.75 Å². The van der Waals surface area contributed by atoms with Gasteiger partial charge in [0.1, 0.15) is 5.69 Å². The summed E-state index contributed by atoms with van der Waals surface area (Å²) in [6, 6.07) is 0. The highest BCUT2D eigenvalue weighted by Gasteiger charge is 2.67. The predicted octanol–water partition coefficient (Wildman–Crippen LogP) is -3.16. The van der Waals surface area contributed by atoms with Crippen LogP contribution >= 0.6 is 11.8 Å². The van der Waals surface area contributed by atoms with Crippen molar-refractivity contribution in [1.82, 2.24) is 4.58 Å². The minimum atomic E-state index is -1.49. The lowest BCUT2D eigenvalue weighted by molar-refractivity contribution is -0.144. The van der Waals surface area contributed by atoms with Gasteiger partial charge in [-0.1, -0.05) is 0 Å². The maximum absolute atomic E-state index is 12.9. The number of hydrogen-bond acceptors (Lipinski definition) is 6. The van der Waals surface area contributed by atoms with E-state index in [0.717, 1.165) is 38.7 Å². The van der Waals surface area contributed by atoms with Gasteiger partial charge in [-0.2, -0.15) is 4.58 Å². The summed E-state index contributed by atoms with van der Waals surface area (Å²) >= 11 is 1.65. The molecule has 5 aliphatic heterocycles. The largest absolute Gasteiger partial charge is 1.00 e. The third kappa shape index (κ3) is 1.31. The number of aliphatic hydroxyl groups is 1. The number of carbonyl (C=O) groups excluding carboxylic acids is 1. The molecular formula is C18H14ClN3O3S. The van der Waals surface area contributed by atoms with Crippen LogP contribution < -0.4 is 32.9 Å². The van der Waals surface area contributed by atoms with Gasteiger partial charge in [0.05, 0.1) is 28.3 Å². The van der Waals surface area contributed by atoms with Crippen molar-refractivity contribution in [3.05, 3.63) is 27.1 Å². The Kier molecular flexibility index (Phi) is 2.45. The van der Waals surface area contributed by atoms with Crippen molar-refractivity contribution >= 4 is 40.7 Å². The van der Waals surface area contributed by atoms with Crippen LogP contribution in [0, 0.1) is 0 Å². The molecule has 2 unspecified atom stereocenters. The van der Waals surface area contributed by atoms with E-state index in [4.69, 9.17) is 0 Å². The lowest BCUT2D eigenvalue weighted by atomic mass is 9.63. The summed E-state index contributed by atoms with van der Waals surface area (Å²) in [6.07, 6.45) is 5.40. The van der Waals surface area contributed by atoms with E-state index in [1.165, 1.54) is 0 Å². The number of fused-ring (bicyclic) bond motifs is 3. The molecule has 8 heteroatoms. The third-order valence-electron chi connectivity index (χ3n) is 6.68. The molecule has 3 atom stereocenters. The van der Waals surface area contributed by atoms with Gasteiger partial charge in [0.2, 0.25) is 5.36 Å². The van der Waals surface area contributed by atoms with E-state index >= 15 is 0 Å². The number of benzene rings is 1. The molecular weight excluding hydrogens is 374 g/mol. The van der Waals surface area contributed by atoms with Crippen LogP contribution in [0.2, 0.25) is 0 Å². The van der Waals surface area contributed by atoms with Gasteiger partial charge in [-0.05, 0) is 12.0 Å². The van der Waals surface area contributed by atoms with Gasteiger partial charge in [-0.15, -0.1) is 11.8 Å². The Balaban J connectivity index is 0.00000137. The Morgan fingerprint density at radius 2 is 2.27 bits per heavy atom. The normalized spacial score (nSPS) is 36.0. The van der Waals surface area contributed by atoms with E-state index in [0.29, 0.717) is 25.1 Å². The smallest absolute Gasteiger partial charge is 0.331 e. The number of ketones is 1. The zero-order chi connectivity index (χ0) is 16.7. The number of phenolic OH excluding ortho intramolecular Hbond substituents is 1. The number of nitrogens with one attached hydrogen (secondary N) is 1. The molecule has 0 saturated carbocycles. The second-order valence-corrected chi connectivity index (χ2v) is 9.00. The first-order valence-electron chi connectivity index (χ1n) is 8.56. The Morgan fingerprint density at radius 1 is 1.42 bits per heavy atom. The number of rotatable bonds is 0. The summed E-state index contributed by atoms with van der Waals surface area (Å²) in [5.41, 5.74) is 1.59. The SMILES string of the molecule is O=C1C=C2SC3C[C@@]24CC1(O)[N+]1=c2c4c(c(O)c4c2=C(C=N4)CC1)N3.[Cl-]. The number of phenols is 1. The summed E-state index contributed by atoms with van der Waals surface area (Å²) in [5.74, 6) is -0.0142. The summed E-state index contributed by atoms with van der Waals surface area (Å²) in [5, 5.41) is 27.7. The fourth-order valence-corrected chi connectivity index (χ4v) is 7.22. The quantitative estimate of drug-likeness (QED) is 0.323. The van der Waals surface area contributed by atoms with E-state index in [1.54, 1.807) is 17.8 Å². The maximum Gasteiger partial charge on any atom is 0.331 e.